The lowest BCUT2D eigenvalue weighted by Crippen LogP contribution is -2.17. The normalized spacial score (nSPS) is 10.5. The summed E-state index contributed by atoms with van der Waals surface area (Å²) in [5.41, 5.74) is 3.67. The molecule has 1 N–H and O–H groups in total. The van der Waals surface area contributed by atoms with E-state index in [1.54, 1.807) is 24.3 Å². The van der Waals surface area contributed by atoms with Gasteiger partial charge in [-0.25, -0.2) is 5.43 Å². The second-order valence-corrected chi connectivity index (χ2v) is 5.34. The lowest BCUT2D eigenvalue weighted by atomic mass is 10.2. The number of amides is 1. The molecule has 27 heavy (non-hydrogen) atoms. The van der Waals surface area contributed by atoms with Crippen LogP contribution in [-0.2, 0) is 0 Å². The van der Waals surface area contributed by atoms with E-state index in [-0.39, 0.29) is 5.91 Å². The van der Waals surface area contributed by atoms with Crippen LogP contribution in [0.5, 0.6) is 23.0 Å². The third kappa shape index (κ3) is 5.37. The summed E-state index contributed by atoms with van der Waals surface area (Å²) in [5, 5.41) is 4.00. The highest BCUT2D eigenvalue weighted by atomic mass is 16.5. The Bertz CT molecular complexity index is 805. The van der Waals surface area contributed by atoms with Crippen LogP contribution >= 0.6 is 0 Å². The summed E-state index contributed by atoms with van der Waals surface area (Å²) in [6, 6.07) is 10.3. The van der Waals surface area contributed by atoms with E-state index in [4.69, 9.17) is 18.9 Å². The van der Waals surface area contributed by atoms with Gasteiger partial charge >= 0.3 is 0 Å². The molecule has 2 aromatic carbocycles. The van der Waals surface area contributed by atoms with Gasteiger partial charge in [0.15, 0.2) is 23.0 Å². The van der Waals surface area contributed by atoms with E-state index in [1.165, 1.54) is 20.4 Å². The van der Waals surface area contributed by atoms with Crippen LogP contribution in [0.4, 0.5) is 0 Å². The Hall–Kier alpha value is -3.22. The SMILES string of the molecule is CCOc1ccc(/C=N\NC(=O)c2ccc(OC)c(OC)c2)cc1OCC. The fourth-order valence-electron chi connectivity index (χ4n) is 2.36. The molecule has 7 heteroatoms. The fourth-order valence-corrected chi connectivity index (χ4v) is 2.36. The average Bonchev–Trinajstić information content (AvgIpc) is 2.69. The van der Waals surface area contributed by atoms with Crippen molar-refractivity contribution in [3.05, 3.63) is 47.5 Å². The van der Waals surface area contributed by atoms with Crippen LogP contribution in [-0.4, -0.2) is 39.6 Å². The quantitative estimate of drug-likeness (QED) is 0.540. The summed E-state index contributed by atoms with van der Waals surface area (Å²) in [7, 11) is 3.05. The van der Waals surface area contributed by atoms with Gasteiger partial charge in [0, 0.05) is 5.56 Å². The highest BCUT2D eigenvalue weighted by molar-refractivity contribution is 5.95. The number of methoxy groups -OCH3 is 2. The van der Waals surface area contributed by atoms with Gasteiger partial charge in [-0.2, -0.15) is 5.10 Å². The molecule has 0 aliphatic heterocycles. The molecule has 2 rings (SSSR count). The molecule has 0 bridgehead atoms. The summed E-state index contributed by atoms with van der Waals surface area (Å²) in [6.07, 6.45) is 1.54. The van der Waals surface area contributed by atoms with E-state index in [0.29, 0.717) is 41.8 Å². The summed E-state index contributed by atoms with van der Waals surface area (Å²) < 4.78 is 21.5. The van der Waals surface area contributed by atoms with Crippen molar-refractivity contribution >= 4 is 12.1 Å². The van der Waals surface area contributed by atoms with Gasteiger partial charge in [0.1, 0.15) is 0 Å². The molecule has 0 aromatic heterocycles. The molecule has 0 aliphatic rings. The van der Waals surface area contributed by atoms with Crippen molar-refractivity contribution < 1.29 is 23.7 Å². The van der Waals surface area contributed by atoms with Crippen molar-refractivity contribution in [3.63, 3.8) is 0 Å². The predicted octanol–water partition coefficient (Wildman–Crippen LogP) is 3.27. The monoisotopic (exact) mass is 372 g/mol. The molecular formula is C20H24N2O5. The number of hydrogen-bond acceptors (Lipinski definition) is 6. The van der Waals surface area contributed by atoms with E-state index in [0.717, 1.165) is 5.56 Å². The molecule has 0 heterocycles. The Morgan fingerprint density at radius 1 is 0.926 bits per heavy atom. The van der Waals surface area contributed by atoms with Crippen molar-refractivity contribution in [2.75, 3.05) is 27.4 Å². The van der Waals surface area contributed by atoms with Crippen molar-refractivity contribution in [2.24, 2.45) is 5.10 Å². The Labute approximate surface area is 158 Å². The number of benzene rings is 2. The van der Waals surface area contributed by atoms with Gasteiger partial charge in [-0.15, -0.1) is 0 Å². The Morgan fingerprint density at radius 3 is 2.26 bits per heavy atom. The molecule has 0 saturated carbocycles. The minimum Gasteiger partial charge on any atom is -0.493 e. The second kappa shape index (κ2) is 10.1. The van der Waals surface area contributed by atoms with Crippen LogP contribution in [0, 0.1) is 0 Å². The number of hydrogen-bond donors (Lipinski definition) is 1. The van der Waals surface area contributed by atoms with Gasteiger partial charge in [-0.05, 0) is 55.8 Å². The highest BCUT2D eigenvalue weighted by Gasteiger charge is 2.10. The number of nitrogens with one attached hydrogen (secondary N) is 1. The average molecular weight is 372 g/mol. The highest BCUT2D eigenvalue weighted by Crippen LogP contribution is 2.28. The standard InChI is InChI=1S/C20H24N2O5/c1-5-26-17-9-7-14(11-19(17)27-6-2)13-21-22-20(23)15-8-10-16(24-3)18(12-15)25-4/h7-13H,5-6H2,1-4H3,(H,22,23)/b21-13-. The van der Waals surface area contributed by atoms with E-state index in [9.17, 15) is 4.79 Å². The lowest BCUT2D eigenvalue weighted by Gasteiger charge is -2.11. The van der Waals surface area contributed by atoms with E-state index in [2.05, 4.69) is 10.5 Å². The van der Waals surface area contributed by atoms with Gasteiger partial charge in [0.25, 0.3) is 5.91 Å². The number of rotatable bonds is 9. The molecule has 0 radical (unpaired) electrons. The van der Waals surface area contributed by atoms with Crippen molar-refractivity contribution in [2.45, 2.75) is 13.8 Å². The van der Waals surface area contributed by atoms with Crippen molar-refractivity contribution in [1.82, 2.24) is 5.43 Å². The zero-order valence-electron chi connectivity index (χ0n) is 15.9. The van der Waals surface area contributed by atoms with Crippen molar-refractivity contribution in [3.8, 4) is 23.0 Å². The maximum Gasteiger partial charge on any atom is 0.271 e. The fraction of sp³-hybridized carbons (Fsp3) is 0.300. The molecule has 0 aliphatic carbocycles. The third-order valence-electron chi connectivity index (χ3n) is 3.59. The van der Waals surface area contributed by atoms with Crippen LogP contribution in [0.25, 0.3) is 0 Å². The molecule has 144 valence electrons. The first kappa shape index (κ1) is 20.1. The molecule has 7 nitrogen and oxygen atoms in total. The summed E-state index contributed by atoms with van der Waals surface area (Å²) in [6.45, 7) is 4.89. The Kier molecular flexibility index (Phi) is 7.49. The largest absolute Gasteiger partial charge is 0.493 e. The second-order valence-electron chi connectivity index (χ2n) is 5.34. The lowest BCUT2D eigenvalue weighted by molar-refractivity contribution is 0.0954. The first-order valence-electron chi connectivity index (χ1n) is 8.58. The molecular weight excluding hydrogens is 348 g/mol. The Morgan fingerprint density at radius 2 is 1.59 bits per heavy atom. The molecule has 0 saturated heterocycles. The number of carbonyl (C=O) groups excluding carboxylic acids is 1. The minimum atomic E-state index is -0.358. The van der Waals surface area contributed by atoms with Crippen LogP contribution in [0.15, 0.2) is 41.5 Å². The van der Waals surface area contributed by atoms with Gasteiger partial charge in [-0.3, -0.25) is 4.79 Å². The van der Waals surface area contributed by atoms with Gasteiger partial charge in [-0.1, -0.05) is 0 Å². The van der Waals surface area contributed by atoms with E-state index >= 15 is 0 Å². The zero-order valence-corrected chi connectivity index (χ0v) is 15.9. The maximum absolute atomic E-state index is 12.2. The minimum absolute atomic E-state index is 0.358. The summed E-state index contributed by atoms with van der Waals surface area (Å²) in [5.74, 6) is 1.97. The number of hydrazone groups is 1. The van der Waals surface area contributed by atoms with Gasteiger partial charge in [0.2, 0.25) is 0 Å². The molecule has 0 unspecified atom stereocenters. The topological polar surface area (TPSA) is 78.4 Å². The number of carbonyl (C=O) groups is 1. The third-order valence-corrected chi connectivity index (χ3v) is 3.59. The van der Waals surface area contributed by atoms with Gasteiger partial charge < -0.3 is 18.9 Å². The Balaban J connectivity index is 2.08. The number of ether oxygens (including phenoxy) is 4. The molecule has 0 fully saturated rings. The maximum atomic E-state index is 12.2. The van der Waals surface area contributed by atoms with E-state index in [1.807, 2.05) is 26.0 Å². The first-order chi connectivity index (χ1) is 13.1. The van der Waals surface area contributed by atoms with Crippen LogP contribution in [0.3, 0.4) is 0 Å². The summed E-state index contributed by atoms with van der Waals surface area (Å²) >= 11 is 0. The molecule has 1 amide bonds. The van der Waals surface area contributed by atoms with Crippen LogP contribution in [0.1, 0.15) is 29.8 Å². The van der Waals surface area contributed by atoms with Crippen LogP contribution < -0.4 is 24.4 Å². The van der Waals surface area contributed by atoms with Gasteiger partial charge in [0.05, 0.1) is 33.6 Å². The van der Waals surface area contributed by atoms with Crippen LogP contribution in [0.2, 0.25) is 0 Å². The molecule has 0 spiro atoms. The molecule has 2 aromatic rings. The van der Waals surface area contributed by atoms with E-state index < -0.39 is 0 Å². The van der Waals surface area contributed by atoms with Crippen molar-refractivity contribution in [1.29, 1.82) is 0 Å². The first-order valence-corrected chi connectivity index (χ1v) is 8.58. The summed E-state index contributed by atoms with van der Waals surface area (Å²) in [4.78, 5) is 12.2. The molecule has 0 atom stereocenters. The smallest absolute Gasteiger partial charge is 0.271 e. The number of nitrogens with zero attached hydrogens (tertiary/aromatic N) is 1. The predicted molar refractivity (Wildman–Crippen MR) is 103 cm³/mol. The zero-order chi connectivity index (χ0) is 19.6.